The van der Waals surface area contributed by atoms with E-state index in [0.717, 1.165) is 5.56 Å². The smallest absolute Gasteiger partial charge is 0.368 e. The van der Waals surface area contributed by atoms with Gasteiger partial charge in [0.2, 0.25) is 17.7 Å². The molecule has 1 aromatic carbocycles. The summed E-state index contributed by atoms with van der Waals surface area (Å²) in [5, 5.41) is -0.900. The molecule has 3 N–H and O–H groups in total. The Hall–Kier alpha value is -2.02. The summed E-state index contributed by atoms with van der Waals surface area (Å²) in [4.78, 5) is 10.5. The zero-order chi connectivity index (χ0) is 13.9. The summed E-state index contributed by atoms with van der Waals surface area (Å²) in [6, 6.07) is 9.33. The van der Waals surface area contributed by atoms with E-state index in [2.05, 4.69) is 20.3 Å². The van der Waals surface area contributed by atoms with E-state index >= 15 is 0 Å². The Morgan fingerprint density at radius 3 is 2.47 bits per heavy atom. The average molecular weight is 286 g/mol. The summed E-state index contributed by atoms with van der Waals surface area (Å²) in [5.41, 5.74) is 6.28. The third-order valence-electron chi connectivity index (χ3n) is 2.20. The molecule has 1 heterocycles. The number of anilines is 2. The van der Waals surface area contributed by atoms with E-state index in [1.165, 1.54) is 0 Å². The molecular formula is C11H10ClF2N5. The highest BCUT2D eigenvalue weighted by Gasteiger charge is 2.32. The maximum absolute atomic E-state index is 12.9. The molecule has 0 unspecified atom stereocenters. The van der Waals surface area contributed by atoms with Crippen LogP contribution in [0.4, 0.5) is 20.7 Å². The Morgan fingerprint density at radius 1 is 1.16 bits per heavy atom. The van der Waals surface area contributed by atoms with Crippen molar-refractivity contribution >= 4 is 23.5 Å². The number of rotatable bonds is 4. The Kier molecular flexibility index (Phi) is 3.75. The standard InChI is InChI=1S/C11H10ClF2N5/c12-11(13,14)8-17-9(15)19-10(18-8)16-6-7-4-2-1-3-5-7/h1-5H,6H2,(H3,15,16,17,18,19). The molecule has 0 amide bonds. The highest BCUT2D eigenvalue weighted by Crippen LogP contribution is 2.29. The molecule has 100 valence electrons. The van der Waals surface area contributed by atoms with Gasteiger partial charge in [0.25, 0.3) is 0 Å². The topological polar surface area (TPSA) is 76.7 Å². The van der Waals surface area contributed by atoms with E-state index in [-0.39, 0.29) is 11.9 Å². The first-order valence-electron chi connectivity index (χ1n) is 5.32. The lowest BCUT2D eigenvalue weighted by Gasteiger charge is -2.09. The van der Waals surface area contributed by atoms with E-state index in [1.807, 2.05) is 30.3 Å². The minimum atomic E-state index is -3.68. The first-order valence-corrected chi connectivity index (χ1v) is 5.69. The molecular weight excluding hydrogens is 276 g/mol. The molecule has 0 aliphatic heterocycles. The van der Waals surface area contributed by atoms with Crippen LogP contribution < -0.4 is 11.1 Å². The number of nitrogens with zero attached hydrogens (tertiary/aromatic N) is 3. The van der Waals surface area contributed by atoms with Crippen LogP contribution in [0.1, 0.15) is 11.4 Å². The van der Waals surface area contributed by atoms with Gasteiger partial charge in [0.15, 0.2) is 0 Å². The molecule has 0 aliphatic rings. The van der Waals surface area contributed by atoms with Crippen LogP contribution in [0.15, 0.2) is 30.3 Å². The molecule has 0 radical (unpaired) electrons. The van der Waals surface area contributed by atoms with Gasteiger partial charge in [0.05, 0.1) is 0 Å². The molecule has 0 saturated heterocycles. The predicted octanol–water partition coefficient (Wildman–Crippen LogP) is 2.35. The van der Waals surface area contributed by atoms with Gasteiger partial charge in [0, 0.05) is 6.54 Å². The summed E-state index contributed by atoms with van der Waals surface area (Å²) in [5.74, 6) is -1.25. The van der Waals surface area contributed by atoms with Crippen LogP contribution in [0.2, 0.25) is 0 Å². The number of nitrogens with one attached hydrogen (secondary N) is 1. The molecule has 8 heteroatoms. The van der Waals surface area contributed by atoms with Crippen molar-refractivity contribution in [1.29, 1.82) is 0 Å². The largest absolute Gasteiger partial charge is 0.381 e. The van der Waals surface area contributed by atoms with Crippen molar-refractivity contribution in [3.8, 4) is 0 Å². The number of nitrogens with two attached hydrogens (primary N) is 1. The molecule has 0 bridgehead atoms. The molecule has 0 fully saturated rings. The van der Waals surface area contributed by atoms with Gasteiger partial charge < -0.3 is 11.1 Å². The van der Waals surface area contributed by atoms with Gasteiger partial charge in [0.1, 0.15) is 0 Å². The zero-order valence-corrected chi connectivity index (χ0v) is 10.4. The Morgan fingerprint density at radius 2 is 1.84 bits per heavy atom. The molecule has 2 aromatic rings. The fraction of sp³-hybridized carbons (Fsp3) is 0.182. The number of aromatic nitrogens is 3. The van der Waals surface area contributed by atoms with Crippen molar-refractivity contribution in [2.45, 2.75) is 11.9 Å². The van der Waals surface area contributed by atoms with Crippen LogP contribution in [0.25, 0.3) is 0 Å². The number of hydrogen-bond donors (Lipinski definition) is 2. The summed E-state index contributed by atoms with van der Waals surface area (Å²) < 4.78 is 25.8. The van der Waals surface area contributed by atoms with Gasteiger partial charge in [-0.15, -0.1) is 0 Å². The normalized spacial score (nSPS) is 11.3. The lowest BCUT2D eigenvalue weighted by Crippen LogP contribution is -2.15. The highest BCUT2D eigenvalue weighted by molar-refractivity contribution is 6.21. The van der Waals surface area contributed by atoms with Gasteiger partial charge in [-0.1, -0.05) is 30.3 Å². The lowest BCUT2D eigenvalue weighted by molar-refractivity contribution is 0.0845. The molecule has 1 aromatic heterocycles. The van der Waals surface area contributed by atoms with Crippen LogP contribution in [0.5, 0.6) is 0 Å². The molecule has 0 atom stereocenters. The van der Waals surface area contributed by atoms with E-state index < -0.39 is 11.2 Å². The van der Waals surface area contributed by atoms with E-state index in [4.69, 9.17) is 17.3 Å². The van der Waals surface area contributed by atoms with E-state index in [9.17, 15) is 8.78 Å². The Bertz CT molecular complexity index is 559. The second-order valence-electron chi connectivity index (χ2n) is 3.68. The highest BCUT2D eigenvalue weighted by atomic mass is 35.5. The Balaban J connectivity index is 2.15. The van der Waals surface area contributed by atoms with Gasteiger partial charge in [-0.05, 0) is 17.2 Å². The molecule has 5 nitrogen and oxygen atoms in total. The van der Waals surface area contributed by atoms with Crippen molar-refractivity contribution in [2.75, 3.05) is 11.1 Å². The van der Waals surface area contributed by atoms with Crippen molar-refractivity contribution in [3.05, 3.63) is 41.7 Å². The fourth-order valence-corrected chi connectivity index (χ4v) is 1.46. The van der Waals surface area contributed by atoms with Crippen molar-refractivity contribution in [3.63, 3.8) is 0 Å². The second kappa shape index (κ2) is 5.31. The summed E-state index contributed by atoms with van der Waals surface area (Å²) in [6.45, 7) is 0.373. The average Bonchev–Trinajstić information content (AvgIpc) is 2.36. The zero-order valence-electron chi connectivity index (χ0n) is 9.65. The monoisotopic (exact) mass is 285 g/mol. The van der Waals surface area contributed by atoms with Crippen LogP contribution in [-0.4, -0.2) is 15.0 Å². The lowest BCUT2D eigenvalue weighted by atomic mass is 10.2. The van der Waals surface area contributed by atoms with Crippen LogP contribution in [0, 0.1) is 0 Å². The van der Waals surface area contributed by atoms with Crippen LogP contribution in [-0.2, 0) is 11.9 Å². The summed E-state index contributed by atoms with van der Waals surface area (Å²) in [7, 11) is 0. The molecule has 2 rings (SSSR count). The SMILES string of the molecule is Nc1nc(NCc2ccccc2)nc(C(F)(F)Cl)n1. The van der Waals surface area contributed by atoms with Crippen LogP contribution >= 0.6 is 11.6 Å². The van der Waals surface area contributed by atoms with Gasteiger partial charge in [-0.2, -0.15) is 23.7 Å². The predicted molar refractivity (Wildman–Crippen MR) is 67.8 cm³/mol. The summed E-state index contributed by atoms with van der Waals surface area (Å²) in [6.07, 6.45) is 0. The third kappa shape index (κ3) is 3.72. The van der Waals surface area contributed by atoms with E-state index in [1.54, 1.807) is 0 Å². The number of alkyl halides is 3. The second-order valence-corrected chi connectivity index (χ2v) is 4.15. The summed E-state index contributed by atoms with van der Waals surface area (Å²) >= 11 is 4.85. The number of nitrogen functional groups attached to an aromatic ring is 1. The number of hydrogen-bond acceptors (Lipinski definition) is 5. The fourth-order valence-electron chi connectivity index (χ4n) is 1.38. The van der Waals surface area contributed by atoms with Crippen molar-refractivity contribution in [2.24, 2.45) is 0 Å². The third-order valence-corrected chi connectivity index (χ3v) is 2.37. The van der Waals surface area contributed by atoms with Gasteiger partial charge in [-0.3, -0.25) is 0 Å². The first-order chi connectivity index (χ1) is 8.95. The minimum Gasteiger partial charge on any atom is -0.368 e. The maximum Gasteiger partial charge on any atom is 0.381 e. The molecule has 19 heavy (non-hydrogen) atoms. The number of halogens is 3. The van der Waals surface area contributed by atoms with Gasteiger partial charge in [-0.25, -0.2) is 0 Å². The molecule has 0 saturated carbocycles. The minimum absolute atomic E-state index is 0.0494. The first kappa shape index (κ1) is 13.4. The van der Waals surface area contributed by atoms with Crippen LogP contribution in [0.3, 0.4) is 0 Å². The van der Waals surface area contributed by atoms with Crippen molar-refractivity contribution < 1.29 is 8.78 Å². The number of benzene rings is 1. The molecule has 0 aliphatic carbocycles. The Labute approximate surface area is 112 Å². The molecule has 0 spiro atoms. The van der Waals surface area contributed by atoms with Gasteiger partial charge >= 0.3 is 5.38 Å². The quantitative estimate of drug-likeness (QED) is 0.843. The maximum atomic E-state index is 12.9. The van der Waals surface area contributed by atoms with Crippen molar-refractivity contribution in [1.82, 2.24) is 15.0 Å². The van der Waals surface area contributed by atoms with E-state index in [0.29, 0.717) is 6.54 Å².